The zero-order valence-corrected chi connectivity index (χ0v) is 18.5. The number of hydrogen-bond acceptors (Lipinski definition) is 7. The molecule has 1 N–H and O–H groups in total. The van der Waals surface area contributed by atoms with Crippen molar-refractivity contribution in [1.82, 2.24) is 29.9 Å². The van der Waals surface area contributed by atoms with Gasteiger partial charge in [0.15, 0.2) is 0 Å². The van der Waals surface area contributed by atoms with Crippen molar-refractivity contribution in [2.45, 2.75) is 12.8 Å². The van der Waals surface area contributed by atoms with Crippen LogP contribution in [0.1, 0.15) is 23.2 Å². The minimum Gasteiger partial charge on any atom is -0.338 e. The Hall–Kier alpha value is -3.92. The molecule has 2 amide bonds. The van der Waals surface area contributed by atoms with Crippen LogP contribution in [0, 0.1) is 5.92 Å². The van der Waals surface area contributed by atoms with E-state index in [0.717, 1.165) is 11.3 Å². The van der Waals surface area contributed by atoms with Crippen molar-refractivity contribution >= 4 is 28.3 Å². The summed E-state index contributed by atoms with van der Waals surface area (Å²) in [5.41, 5.74) is 4.33. The van der Waals surface area contributed by atoms with Gasteiger partial charge in [-0.3, -0.25) is 14.6 Å². The number of carbonyl (C=O) groups excluding carboxylic acids is 2. The van der Waals surface area contributed by atoms with E-state index in [1.54, 1.807) is 33.7 Å². The lowest BCUT2D eigenvalue weighted by Gasteiger charge is -2.31. The predicted molar refractivity (Wildman–Crippen MR) is 124 cm³/mol. The molecule has 0 unspecified atom stereocenters. The van der Waals surface area contributed by atoms with Crippen molar-refractivity contribution in [3.8, 4) is 16.9 Å². The second-order valence-electron chi connectivity index (χ2n) is 7.71. The highest BCUT2D eigenvalue weighted by atomic mass is 32.1. The first kappa shape index (κ1) is 21.0. The molecule has 1 aliphatic heterocycles. The fraction of sp³-hybridized carbons (Fsp3) is 0.217. The molecule has 1 aliphatic rings. The Morgan fingerprint density at radius 2 is 1.88 bits per heavy atom. The lowest BCUT2D eigenvalue weighted by molar-refractivity contribution is -0.121. The summed E-state index contributed by atoms with van der Waals surface area (Å²) < 4.78 is 1.72. The fourth-order valence-electron chi connectivity index (χ4n) is 3.91. The Balaban J connectivity index is 1.35. The monoisotopic (exact) mass is 459 g/mol. The van der Waals surface area contributed by atoms with Crippen molar-refractivity contribution < 1.29 is 9.59 Å². The Bertz CT molecular complexity index is 1230. The van der Waals surface area contributed by atoms with Crippen molar-refractivity contribution in [2.24, 2.45) is 5.92 Å². The molecule has 4 aromatic rings. The normalized spacial score (nSPS) is 14.2. The number of piperidine rings is 1. The van der Waals surface area contributed by atoms with Crippen LogP contribution in [0.3, 0.4) is 0 Å². The Morgan fingerprint density at radius 1 is 1.06 bits per heavy atom. The number of nitrogens with zero attached hydrogens (tertiary/aromatic N) is 6. The van der Waals surface area contributed by atoms with Gasteiger partial charge in [-0.2, -0.15) is 5.10 Å². The minimum atomic E-state index is -0.164. The maximum atomic E-state index is 13.5. The van der Waals surface area contributed by atoms with E-state index >= 15 is 0 Å². The number of hydrogen-bond donors (Lipinski definition) is 1. The van der Waals surface area contributed by atoms with E-state index in [0.29, 0.717) is 42.3 Å². The molecule has 1 saturated heterocycles. The maximum Gasteiger partial charge on any atom is 0.257 e. The van der Waals surface area contributed by atoms with Crippen molar-refractivity contribution in [2.75, 3.05) is 18.4 Å². The van der Waals surface area contributed by atoms with Gasteiger partial charge >= 0.3 is 0 Å². The van der Waals surface area contributed by atoms with Gasteiger partial charge < -0.3 is 10.2 Å². The molecule has 0 saturated carbocycles. The van der Waals surface area contributed by atoms with Crippen LogP contribution in [0.2, 0.25) is 0 Å². The summed E-state index contributed by atoms with van der Waals surface area (Å²) >= 11 is 1.28. The van der Waals surface area contributed by atoms with Crippen LogP contribution in [-0.4, -0.2) is 54.8 Å². The Labute approximate surface area is 194 Å². The number of amides is 2. The lowest BCUT2D eigenvalue weighted by Crippen LogP contribution is -2.41. The molecule has 5 rings (SSSR count). The van der Waals surface area contributed by atoms with E-state index in [4.69, 9.17) is 5.10 Å². The van der Waals surface area contributed by atoms with Gasteiger partial charge in [-0.1, -0.05) is 29.5 Å². The Morgan fingerprint density at radius 3 is 2.58 bits per heavy atom. The highest BCUT2D eigenvalue weighted by Crippen LogP contribution is 2.27. The molecule has 10 heteroatoms. The van der Waals surface area contributed by atoms with E-state index in [1.807, 2.05) is 42.5 Å². The van der Waals surface area contributed by atoms with Crippen LogP contribution in [0.25, 0.3) is 16.9 Å². The zero-order valence-electron chi connectivity index (χ0n) is 17.7. The van der Waals surface area contributed by atoms with Gasteiger partial charge in [-0.05, 0) is 37.1 Å². The summed E-state index contributed by atoms with van der Waals surface area (Å²) in [7, 11) is 0. The number of rotatable bonds is 5. The second kappa shape index (κ2) is 9.29. The maximum absolute atomic E-state index is 13.5. The summed E-state index contributed by atoms with van der Waals surface area (Å²) in [6.45, 7) is 0.992. The summed E-state index contributed by atoms with van der Waals surface area (Å²) in [4.78, 5) is 32.0. The molecule has 1 aromatic carbocycles. The third-order valence-corrected chi connectivity index (χ3v) is 6.25. The van der Waals surface area contributed by atoms with Gasteiger partial charge in [0.25, 0.3) is 5.91 Å². The average molecular weight is 460 g/mol. The van der Waals surface area contributed by atoms with Gasteiger partial charge in [0.2, 0.25) is 11.0 Å². The van der Waals surface area contributed by atoms with Crippen LogP contribution in [0.4, 0.5) is 5.13 Å². The van der Waals surface area contributed by atoms with Gasteiger partial charge in [0, 0.05) is 43.2 Å². The van der Waals surface area contributed by atoms with E-state index in [-0.39, 0.29) is 17.7 Å². The lowest BCUT2D eigenvalue weighted by atomic mass is 9.95. The smallest absolute Gasteiger partial charge is 0.257 e. The fourth-order valence-corrected chi connectivity index (χ4v) is 4.36. The van der Waals surface area contributed by atoms with Gasteiger partial charge in [-0.15, -0.1) is 10.2 Å². The first-order valence-corrected chi connectivity index (χ1v) is 11.5. The predicted octanol–water partition coefficient (Wildman–Crippen LogP) is 3.28. The molecule has 0 atom stereocenters. The molecule has 4 heterocycles. The summed E-state index contributed by atoms with van der Waals surface area (Å²) in [6.07, 6.45) is 6.35. The molecule has 0 spiro atoms. The number of aromatic nitrogens is 5. The van der Waals surface area contributed by atoms with Crippen molar-refractivity contribution in [1.29, 1.82) is 0 Å². The number of benzene rings is 1. The molecule has 0 aliphatic carbocycles. The molecule has 9 nitrogen and oxygen atoms in total. The number of likely N-dealkylation sites (tertiary alicyclic amines) is 1. The van der Waals surface area contributed by atoms with Crippen LogP contribution in [0.15, 0.2) is 66.6 Å². The second-order valence-corrected chi connectivity index (χ2v) is 8.55. The SMILES string of the molecule is O=C(Nc1nncs1)C1CCN(C(=O)c2cn(-c3ccccc3)nc2-c2cccnc2)CC1. The molecule has 1 fully saturated rings. The number of para-hydroxylation sites is 1. The topological polar surface area (TPSA) is 106 Å². The highest BCUT2D eigenvalue weighted by Gasteiger charge is 2.30. The van der Waals surface area contributed by atoms with Gasteiger partial charge in [-0.25, -0.2) is 4.68 Å². The number of pyridine rings is 1. The average Bonchev–Trinajstić information content (AvgIpc) is 3.55. The van der Waals surface area contributed by atoms with E-state index in [1.165, 1.54) is 11.3 Å². The third kappa shape index (κ3) is 4.51. The summed E-state index contributed by atoms with van der Waals surface area (Å²) in [5.74, 6) is -0.339. The summed E-state index contributed by atoms with van der Waals surface area (Å²) in [6, 6.07) is 13.4. The molecule has 0 radical (unpaired) electrons. The standard InChI is InChI=1S/C23H21N7O2S/c31-21(26-23-27-25-15-33-23)16-8-11-29(12-9-16)22(32)19-14-30(18-6-2-1-3-7-18)28-20(19)17-5-4-10-24-13-17/h1-7,10,13-16H,8-9,11-12H2,(H,26,27,31). The summed E-state index contributed by atoms with van der Waals surface area (Å²) in [5, 5.41) is 15.6. The number of nitrogens with one attached hydrogen (secondary N) is 1. The van der Waals surface area contributed by atoms with Crippen LogP contribution >= 0.6 is 11.3 Å². The molecule has 0 bridgehead atoms. The number of carbonyl (C=O) groups is 2. The molecular weight excluding hydrogens is 438 g/mol. The largest absolute Gasteiger partial charge is 0.338 e. The van der Waals surface area contributed by atoms with E-state index < -0.39 is 0 Å². The highest BCUT2D eigenvalue weighted by molar-refractivity contribution is 7.13. The Kier molecular flexibility index (Phi) is 5.90. The van der Waals surface area contributed by atoms with Crippen LogP contribution in [0.5, 0.6) is 0 Å². The van der Waals surface area contributed by atoms with Crippen molar-refractivity contribution in [3.63, 3.8) is 0 Å². The molecular formula is C23H21N7O2S. The first-order valence-electron chi connectivity index (χ1n) is 10.6. The van der Waals surface area contributed by atoms with Gasteiger partial charge in [0.1, 0.15) is 11.2 Å². The van der Waals surface area contributed by atoms with Crippen LogP contribution < -0.4 is 5.32 Å². The molecule has 33 heavy (non-hydrogen) atoms. The van der Waals surface area contributed by atoms with Crippen LogP contribution in [-0.2, 0) is 4.79 Å². The van der Waals surface area contributed by atoms with E-state index in [9.17, 15) is 9.59 Å². The molecule has 3 aromatic heterocycles. The number of anilines is 1. The van der Waals surface area contributed by atoms with Gasteiger partial charge in [0.05, 0.1) is 11.3 Å². The first-order chi connectivity index (χ1) is 16.2. The van der Waals surface area contributed by atoms with E-state index in [2.05, 4.69) is 20.5 Å². The van der Waals surface area contributed by atoms with Crippen molar-refractivity contribution in [3.05, 3.63) is 72.1 Å². The zero-order chi connectivity index (χ0) is 22.6. The quantitative estimate of drug-likeness (QED) is 0.491. The minimum absolute atomic E-state index is 0.0770. The third-order valence-electron chi connectivity index (χ3n) is 5.64. The molecule has 166 valence electrons.